The lowest BCUT2D eigenvalue weighted by Gasteiger charge is -2.45. The molecule has 3 aliphatic rings. The molecular weight excluding hydrogens is 430 g/mol. The number of carbonyl (C=O) groups excluding carboxylic acids is 1. The molecule has 1 aliphatic heterocycles. The predicted molar refractivity (Wildman–Crippen MR) is 141 cm³/mol. The molecule has 1 N–H and O–H groups in total. The average Bonchev–Trinajstić information content (AvgIpc) is 2.79. The second-order valence-corrected chi connectivity index (χ2v) is 11.7. The Labute approximate surface area is 208 Å². The third-order valence-corrected chi connectivity index (χ3v) is 8.57. The van der Waals surface area contributed by atoms with Gasteiger partial charge in [-0.05, 0) is 67.4 Å². The first kappa shape index (κ1) is 26.3. The topological polar surface area (TPSA) is 35.6 Å². The van der Waals surface area contributed by atoms with E-state index >= 15 is 0 Å². The summed E-state index contributed by atoms with van der Waals surface area (Å²) < 4.78 is 0. The fourth-order valence-electron chi connectivity index (χ4n) is 6.66. The standard InChI is InChI=1S/C28H45N3O.ClH/c1-21(32)29-25-10-6-8-12-27(25)31-19-17-30(18-20-31)26-11-7-5-9-24(26)22-13-15-23(16-14-22)28(2,3)4;/h5,7,9,11,22-23,25,27H,6,8,10,12-20H2,1-4H3,(H,29,32);1H. The zero-order valence-corrected chi connectivity index (χ0v) is 22.1. The molecule has 2 saturated carbocycles. The zero-order chi connectivity index (χ0) is 22.7. The molecule has 5 heteroatoms. The van der Waals surface area contributed by atoms with E-state index < -0.39 is 0 Å². The van der Waals surface area contributed by atoms with Gasteiger partial charge < -0.3 is 10.2 Å². The lowest BCUT2D eigenvalue weighted by Crippen LogP contribution is -2.58. The minimum atomic E-state index is 0. The number of nitrogens with zero attached hydrogens (tertiary/aromatic N) is 2. The third-order valence-electron chi connectivity index (χ3n) is 8.57. The van der Waals surface area contributed by atoms with Gasteiger partial charge in [-0.25, -0.2) is 0 Å². The van der Waals surface area contributed by atoms with Crippen molar-refractivity contribution in [2.24, 2.45) is 11.3 Å². The van der Waals surface area contributed by atoms with Gasteiger partial charge in [-0.3, -0.25) is 9.69 Å². The van der Waals surface area contributed by atoms with Crippen molar-refractivity contribution in [2.45, 2.75) is 97.1 Å². The molecule has 0 spiro atoms. The third kappa shape index (κ3) is 6.45. The second-order valence-electron chi connectivity index (χ2n) is 11.7. The lowest BCUT2D eigenvalue weighted by molar-refractivity contribution is -0.120. The van der Waals surface area contributed by atoms with Gasteiger partial charge in [-0.2, -0.15) is 0 Å². The molecular formula is C28H46ClN3O. The SMILES string of the molecule is CC(=O)NC1CCCCC1N1CCN(c2ccccc2C2CCC(C(C)(C)C)CC2)CC1.Cl. The molecule has 0 bridgehead atoms. The van der Waals surface area contributed by atoms with Crippen LogP contribution in [0.1, 0.15) is 90.5 Å². The van der Waals surface area contributed by atoms with Crippen LogP contribution < -0.4 is 10.2 Å². The number of hydrogen-bond donors (Lipinski definition) is 1. The molecule has 0 aromatic heterocycles. The zero-order valence-electron chi connectivity index (χ0n) is 21.3. The Hall–Kier alpha value is -1.26. The Kier molecular flexibility index (Phi) is 9.14. The van der Waals surface area contributed by atoms with E-state index in [4.69, 9.17) is 0 Å². The lowest BCUT2D eigenvalue weighted by atomic mass is 9.68. The molecule has 33 heavy (non-hydrogen) atoms. The fraction of sp³-hybridized carbons (Fsp3) is 0.750. The number of rotatable bonds is 4. The van der Waals surface area contributed by atoms with E-state index in [2.05, 4.69) is 60.2 Å². The highest BCUT2D eigenvalue weighted by Gasteiger charge is 2.34. The number of amides is 1. The van der Waals surface area contributed by atoms with Gasteiger partial charge in [0.1, 0.15) is 0 Å². The Balaban J connectivity index is 0.00000306. The monoisotopic (exact) mass is 475 g/mol. The van der Waals surface area contributed by atoms with E-state index in [0.717, 1.165) is 38.5 Å². The van der Waals surface area contributed by atoms with Crippen molar-refractivity contribution in [1.82, 2.24) is 10.2 Å². The molecule has 3 fully saturated rings. The van der Waals surface area contributed by atoms with Crippen LogP contribution in [0.3, 0.4) is 0 Å². The minimum Gasteiger partial charge on any atom is -0.369 e. The van der Waals surface area contributed by atoms with Crippen molar-refractivity contribution in [1.29, 1.82) is 0 Å². The van der Waals surface area contributed by atoms with Crippen LogP contribution in [-0.2, 0) is 4.79 Å². The highest BCUT2D eigenvalue weighted by Crippen LogP contribution is 2.45. The number of piperazine rings is 1. The summed E-state index contributed by atoms with van der Waals surface area (Å²) in [5.74, 6) is 1.70. The second kappa shape index (κ2) is 11.4. The maximum atomic E-state index is 11.7. The summed E-state index contributed by atoms with van der Waals surface area (Å²) in [5.41, 5.74) is 3.50. The highest BCUT2D eigenvalue weighted by atomic mass is 35.5. The Bertz CT molecular complexity index is 761. The molecule has 2 unspecified atom stereocenters. The smallest absolute Gasteiger partial charge is 0.217 e. The summed E-state index contributed by atoms with van der Waals surface area (Å²) in [6, 6.07) is 10.1. The van der Waals surface area contributed by atoms with Crippen LogP contribution in [0, 0.1) is 11.3 Å². The van der Waals surface area contributed by atoms with Crippen LogP contribution in [-0.4, -0.2) is 49.1 Å². The van der Waals surface area contributed by atoms with Crippen LogP contribution in [0.4, 0.5) is 5.69 Å². The molecule has 1 amide bonds. The number of nitrogens with one attached hydrogen (secondary N) is 1. The van der Waals surface area contributed by atoms with Gasteiger partial charge >= 0.3 is 0 Å². The number of carbonyl (C=O) groups is 1. The Morgan fingerprint density at radius 3 is 2.18 bits per heavy atom. The molecule has 1 aromatic carbocycles. The van der Waals surface area contributed by atoms with Crippen LogP contribution >= 0.6 is 12.4 Å². The van der Waals surface area contributed by atoms with Gasteiger partial charge in [0.25, 0.3) is 0 Å². The molecule has 1 aromatic rings. The molecule has 4 nitrogen and oxygen atoms in total. The van der Waals surface area contributed by atoms with E-state index in [1.165, 1.54) is 50.6 Å². The maximum absolute atomic E-state index is 11.7. The quantitative estimate of drug-likeness (QED) is 0.580. The van der Waals surface area contributed by atoms with Crippen molar-refractivity contribution in [3.8, 4) is 0 Å². The van der Waals surface area contributed by atoms with E-state index in [-0.39, 0.29) is 18.3 Å². The first-order valence-electron chi connectivity index (χ1n) is 13.2. The molecule has 1 heterocycles. The van der Waals surface area contributed by atoms with Gasteiger partial charge in [0.15, 0.2) is 0 Å². The van der Waals surface area contributed by atoms with Gasteiger partial charge in [0, 0.05) is 50.9 Å². The molecule has 2 atom stereocenters. The Morgan fingerprint density at radius 1 is 0.909 bits per heavy atom. The molecule has 186 valence electrons. The van der Waals surface area contributed by atoms with Crippen molar-refractivity contribution in [3.05, 3.63) is 29.8 Å². The van der Waals surface area contributed by atoms with Crippen LogP contribution in [0.15, 0.2) is 24.3 Å². The molecule has 2 aliphatic carbocycles. The Morgan fingerprint density at radius 2 is 1.55 bits per heavy atom. The number of benzene rings is 1. The normalized spacial score (nSPS) is 29.3. The summed E-state index contributed by atoms with van der Waals surface area (Å²) in [5, 5.41) is 3.24. The van der Waals surface area contributed by atoms with E-state index in [9.17, 15) is 4.79 Å². The number of halogens is 1. The van der Waals surface area contributed by atoms with Gasteiger partial charge in [-0.1, -0.05) is 51.8 Å². The van der Waals surface area contributed by atoms with Crippen molar-refractivity contribution in [3.63, 3.8) is 0 Å². The molecule has 1 saturated heterocycles. The number of hydrogen-bond acceptors (Lipinski definition) is 3. The molecule has 4 rings (SSSR count). The summed E-state index contributed by atoms with van der Waals surface area (Å²) in [4.78, 5) is 17.0. The van der Waals surface area contributed by atoms with Crippen LogP contribution in [0.25, 0.3) is 0 Å². The van der Waals surface area contributed by atoms with Crippen LogP contribution in [0.5, 0.6) is 0 Å². The van der Waals surface area contributed by atoms with E-state index in [1.54, 1.807) is 12.5 Å². The van der Waals surface area contributed by atoms with Crippen molar-refractivity contribution >= 4 is 24.0 Å². The first-order valence-corrected chi connectivity index (χ1v) is 13.2. The fourth-order valence-corrected chi connectivity index (χ4v) is 6.66. The predicted octanol–water partition coefficient (Wildman–Crippen LogP) is 6.00. The van der Waals surface area contributed by atoms with Gasteiger partial charge in [0.05, 0.1) is 0 Å². The summed E-state index contributed by atoms with van der Waals surface area (Å²) in [6.45, 7) is 13.3. The van der Waals surface area contributed by atoms with Gasteiger partial charge in [-0.15, -0.1) is 12.4 Å². The first-order chi connectivity index (χ1) is 15.3. The minimum absolute atomic E-state index is 0. The number of anilines is 1. The van der Waals surface area contributed by atoms with E-state index in [1.807, 2.05) is 0 Å². The largest absolute Gasteiger partial charge is 0.369 e. The maximum Gasteiger partial charge on any atom is 0.217 e. The van der Waals surface area contributed by atoms with Crippen LogP contribution in [0.2, 0.25) is 0 Å². The van der Waals surface area contributed by atoms with E-state index in [0.29, 0.717) is 23.4 Å². The van der Waals surface area contributed by atoms with Crippen molar-refractivity contribution < 1.29 is 4.79 Å². The summed E-state index contributed by atoms with van der Waals surface area (Å²) in [6.07, 6.45) is 10.3. The summed E-state index contributed by atoms with van der Waals surface area (Å²) >= 11 is 0. The summed E-state index contributed by atoms with van der Waals surface area (Å²) in [7, 11) is 0. The van der Waals surface area contributed by atoms with Crippen molar-refractivity contribution in [2.75, 3.05) is 31.1 Å². The number of para-hydroxylation sites is 1. The highest BCUT2D eigenvalue weighted by molar-refractivity contribution is 5.85. The molecule has 0 radical (unpaired) electrons. The van der Waals surface area contributed by atoms with Gasteiger partial charge in [0.2, 0.25) is 5.91 Å². The average molecular weight is 476 g/mol.